The highest BCUT2D eigenvalue weighted by Gasteiger charge is 2.29. The molecule has 2 amide bonds. The summed E-state index contributed by atoms with van der Waals surface area (Å²) in [5.41, 5.74) is 5.35. The molecule has 0 aromatic heterocycles. The Morgan fingerprint density at radius 2 is 2.04 bits per heavy atom. The molecule has 0 aromatic carbocycles. The maximum absolute atomic E-state index is 12.2. The fourth-order valence-electron chi connectivity index (χ4n) is 2.37. The number of nitrogens with two attached hydrogens (primary N) is 1. The molecular formula is C13H27ClN4O4S. The van der Waals surface area contributed by atoms with Crippen LogP contribution in [-0.4, -0.2) is 75.0 Å². The predicted octanol–water partition coefficient (Wildman–Crippen LogP) is -0.997. The van der Waals surface area contributed by atoms with Gasteiger partial charge in [0, 0.05) is 33.2 Å². The summed E-state index contributed by atoms with van der Waals surface area (Å²) in [5.74, 6) is -0.661. The van der Waals surface area contributed by atoms with E-state index in [2.05, 4.69) is 5.32 Å². The molecule has 1 unspecified atom stereocenters. The zero-order chi connectivity index (χ0) is 16.8. The first-order chi connectivity index (χ1) is 10.3. The van der Waals surface area contributed by atoms with Crippen molar-refractivity contribution in [2.75, 3.05) is 45.5 Å². The van der Waals surface area contributed by atoms with E-state index < -0.39 is 10.0 Å². The number of likely N-dealkylation sites (tertiary alicyclic amines) is 1. The van der Waals surface area contributed by atoms with Crippen LogP contribution in [0, 0.1) is 5.92 Å². The van der Waals surface area contributed by atoms with Crippen molar-refractivity contribution >= 4 is 34.2 Å². The molecule has 1 aliphatic heterocycles. The summed E-state index contributed by atoms with van der Waals surface area (Å²) in [6.07, 6.45) is 1.46. The van der Waals surface area contributed by atoms with Gasteiger partial charge in [0.2, 0.25) is 21.8 Å². The van der Waals surface area contributed by atoms with Crippen LogP contribution in [0.5, 0.6) is 0 Å². The Kier molecular flexibility index (Phi) is 9.67. The lowest BCUT2D eigenvalue weighted by Crippen LogP contribution is -2.49. The lowest BCUT2D eigenvalue weighted by molar-refractivity contribution is -0.135. The first-order valence-electron chi connectivity index (χ1n) is 7.51. The molecule has 1 rings (SSSR count). The van der Waals surface area contributed by atoms with E-state index in [0.717, 1.165) is 17.1 Å². The Morgan fingerprint density at radius 1 is 1.39 bits per heavy atom. The second-order valence-corrected chi connectivity index (χ2v) is 7.78. The third kappa shape index (κ3) is 6.62. The molecule has 1 atom stereocenters. The highest BCUT2D eigenvalue weighted by molar-refractivity contribution is 7.89. The highest BCUT2D eigenvalue weighted by Crippen LogP contribution is 2.17. The Hall–Kier alpha value is -0.900. The molecule has 8 nitrogen and oxygen atoms in total. The van der Waals surface area contributed by atoms with E-state index in [1.165, 1.54) is 14.0 Å². The van der Waals surface area contributed by atoms with Gasteiger partial charge in [-0.1, -0.05) is 0 Å². The maximum Gasteiger partial charge on any atom is 0.237 e. The molecule has 1 aliphatic rings. The second-order valence-electron chi connectivity index (χ2n) is 5.42. The van der Waals surface area contributed by atoms with Crippen LogP contribution >= 0.6 is 12.4 Å². The highest BCUT2D eigenvalue weighted by atomic mass is 35.5. The topological polar surface area (TPSA) is 113 Å². The van der Waals surface area contributed by atoms with Gasteiger partial charge in [-0.3, -0.25) is 9.59 Å². The molecule has 0 saturated carbocycles. The zero-order valence-corrected chi connectivity index (χ0v) is 15.3. The van der Waals surface area contributed by atoms with Gasteiger partial charge >= 0.3 is 0 Å². The van der Waals surface area contributed by atoms with E-state index in [1.54, 1.807) is 4.90 Å². The normalized spacial score (nSPS) is 18.4. The number of likely N-dealkylation sites (N-methyl/N-ethyl adjacent to an activating group) is 1. The number of halogens is 1. The van der Waals surface area contributed by atoms with Crippen molar-refractivity contribution in [3.05, 3.63) is 0 Å². The van der Waals surface area contributed by atoms with Gasteiger partial charge in [0.15, 0.2) is 0 Å². The van der Waals surface area contributed by atoms with Crippen LogP contribution in [0.15, 0.2) is 0 Å². The van der Waals surface area contributed by atoms with Crippen LogP contribution in [0.25, 0.3) is 0 Å². The number of rotatable bonds is 7. The van der Waals surface area contributed by atoms with Crippen LogP contribution in [0.3, 0.4) is 0 Å². The third-order valence-corrected chi connectivity index (χ3v) is 5.59. The molecule has 0 aliphatic carbocycles. The summed E-state index contributed by atoms with van der Waals surface area (Å²) in [7, 11) is -1.99. The largest absolute Gasteiger partial charge is 0.355 e. The minimum absolute atomic E-state index is 0. The molecule has 1 fully saturated rings. The van der Waals surface area contributed by atoms with Gasteiger partial charge in [-0.25, -0.2) is 8.42 Å². The Labute approximate surface area is 144 Å². The SMILES string of the molecule is CCS(=O)(=O)N(C)CC(=O)N1CCCC(C(=O)NCCN)C1.Cl. The molecule has 3 N–H and O–H groups in total. The lowest BCUT2D eigenvalue weighted by Gasteiger charge is -2.33. The molecule has 10 heteroatoms. The number of sulfonamides is 1. The predicted molar refractivity (Wildman–Crippen MR) is 90.7 cm³/mol. The zero-order valence-electron chi connectivity index (χ0n) is 13.7. The Morgan fingerprint density at radius 3 is 2.61 bits per heavy atom. The number of amides is 2. The van der Waals surface area contributed by atoms with Crippen LogP contribution < -0.4 is 11.1 Å². The first-order valence-corrected chi connectivity index (χ1v) is 9.12. The Balaban J connectivity index is 0.00000484. The van der Waals surface area contributed by atoms with Crippen LogP contribution in [-0.2, 0) is 19.6 Å². The van der Waals surface area contributed by atoms with Crippen molar-refractivity contribution in [3.8, 4) is 0 Å². The van der Waals surface area contributed by atoms with Gasteiger partial charge in [0.1, 0.15) is 0 Å². The maximum atomic E-state index is 12.2. The number of carbonyl (C=O) groups excluding carboxylic acids is 2. The molecule has 1 saturated heterocycles. The van der Waals surface area contributed by atoms with Gasteiger partial charge in [-0.15, -0.1) is 12.4 Å². The number of carbonyl (C=O) groups is 2. The van der Waals surface area contributed by atoms with Gasteiger partial charge < -0.3 is 16.0 Å². The fourth-order valence-corrected chi connectivity index (χ4v) is 3.11. The van der Waals surface area contributed by atoms with E-state index in [4.69, 9.17) is 5.73 Å². The van der Waals surface area contributed by atoms with E-state index in [-0.39, 0.29) is 42.4 Å². The van der Waals surface area contributed by atoms with Crippen molar-refractivity contribution in [2.45, 2.75) is 19.8 Å². The molecular weight excluding hydrogens is 344 g/mol. The number of nitrogens with one attached hydrogen (secondary N) is 1. The molecule has 0 aromatic rings. The van der Waals surface area contributed by atoms with E-state index in [9.17, 15) is 18.0 Å². The van der Waals surface area contributed by atoms with Gasteiger partial charge in [-0.2, -0.15) is 4.31 Å². The van der Waals surface area contributed by atoms with Crippen LogP contribution in [0.4, 0.5) is 0 Å². The second kappa shape index (κ2) is 10.1. The summed E-state index contributed by atoms with van der Waals surface area (Å²) in [4.78, 5) is 25.7. The average Bonchev–Trinajstić information content (AvgIpc) is 2.52. The molecule has 136 valence electrons. The molecule has 0 bridgehead atoms. The molecule has 0 radical (unpaired) electrons. The van der Waals surface area contributed by atoms with Crippen molar-refractivity contribution in [3.63, 3.8) is 0 Å². The third-order valence-electron chi connectivity index (χ3n) is 3.79. The van der Waals surface area contributed by atoms with E-state index >= 15 is 0 Å². The van der Waals surface area contributed by atoms with Gasteiger partial charge in [0.25, 0.3) is 0 Å². The van der Waals surface area contributed by atoms with Crippen LogP contribution in [0.1, 0.15) is 19.8 Å². The molecule has 0 spiro atoms. The van der Waals surface area contributed by atoms with Crippen molar-refractivity contribution in [1.29, 1.82) is 0 Å². The number of hydrogen-bond donors (Lipinski definition) is 2. The van der Waals surface area contributed by atoms with Crippen molar-refractivity contribution in [1.82, 2.24) is 14.5 Å². The number of hydrogen-bond acceptors (Lipinski definition) is 5. The monoisotopic (exact) mass is 370 g/mol. The fraction of sp³-hybridized carbons (Fsp3) is 0.846. The molecule has 23 heavy (non-hydrogen) atoms. The van der Waals surface area contributed by atoms with E-state index in [0.29, 0.717) is 26.2 Å². The summed E-state index contributed by atoms with van der Waals surface area (Å²) in [5, 5.41) is 2.73. The molecule has 1 heterocycles. The minimum Gasteiger partial charge on any atom is -0.355 e. The summed E-state index contributed by atoms with van der Waals surface area (Å²) >= 11 is 0. The van der Waals surface area contributed by atoms with Crippen molar-refractivity contribution < 1.29 is 18.0 Å². The van der Waals surface area contributed by atoms with E-state index in [1.807, 2.05) is 0 Å². The quantitative estimate of drug-likeness (QED) is 0.597. The van der Waals surface area contributed by atoms with Gasteiger partial charge in [0.05, 0.1) is 18.2 Å². The minimum atomic E-state index is -3.38. The number of nitrogens with zero attached hydrogens (tertiary/aromatic N) is 2. The average molecular weight is 371 g/mol. The summed E-state index contributed by atoms with van der Waals surface area (Å²) in [6.45, 7) is 3.03. The summed E-state index contributed by atoms with van der Waals surface area (Å²) in [6, 6.07) is 0. The van der Waals surface area contributed by atoms with Gasteiger partial charge in [-0.05, 0) is 19.8 Å². The summed E-state index contributed by atoms with van der Waals surface area (Å²) < 4.78 is 24.4. The Bertz CT molecular complexity index is 500. The number of piperidine rings is 1. The first kappa shape index (κ1) is 22.1. The van der Waals surface area contributed by atoms with Crippen molar-refractivity contribution in [2.24, 2.45) is 11.7 Å². The van der Waals surface area contributed by atoms with Crippen LogP contribution in [0.2, 0.25) is 0 Å². The smallest absolute Gasteiger partial charge is 0.237 e. The lowest BCUT2D eigenvalue weighted by atomic mass is 9.97. The standard InChI is InChI=1S/C13H26N4O4S.ClH/c1-3-22(20,21)16(2)10-12(18)17-8-4-5-11(9-17)13(19)15-7-6-14;/h11H,3-10,14H2,1-2H3,(H,15,19);1H.